The molecule has 0 aromatic carbocycles. The van der Waals surface area contributed by atoms with Crippen LogP contribution >= 0.6 is 35.3 Å². The molecule has 0 radical (unpaired) electrons. The van der Waals surface area contributed by atoms with Gasteiger partial charge in [0.1, 0.15) is 0 Å². The molecule has 0 saturated carbocycles. The van der Waals surface area contributed by atoms with E-state index in [0.717, 1.165) is 18.9 Å². The number of hydrogen-bond acceptors (Lipinski definition) is 4. The molecular formula is C13H24IN3O2S2. The Hall–Kier alpha value is -0.350. The van der Waals surface area contributed by atoms with Crippen LogP contribution in [0.2, 0.25) is 0 Å². The van der Waals surface area contributed by atoms with Crippen molar-refractivity contribution in [1.29, 1.82) is 0 Å². The summed E-state index contributed by atoms with van der Waals surface area (Å²) in [4.78, 5) is 7.52. The van der Waals surface area contributed by atoms with E-state index in [1.54, 1.807) is 25.3 Å². The highest BCUT2D eigenvalue weighted by Gasteiger charge is 2.09. The molecule has 0 amide bonds. The summed E-state index contributed by atoms with van der Waals surface area (Å²) in [6.07, 6.45) is 0.960. The van der Waals surface area contributed by atoms with Crippen molar-refractivity contribution < 1.29 is 8.42 Å². The summed E-state index contributed by atoms with van der Waals surface area (Å²) in [5, 5.41) is 5.16. The van der Waals surface area contributed by atoms with Crippen molar-refractivity contribution in [2.45, 2.75) is 13.3 Å². The van der Waals surface area contributed by atoms with Crippen molar-refractivity contribution in [3.05, 3.63) is 22.4 Å². The number of nitrogens with zero attached hydrogens (tertiary/aromatic N) is 2. The van der Waals surface area contributed by atoms with Gasteiger partial charge in [0.25, 0.3) is 0 Å². The molecule has 1 N–H and O–H groups in total. The normalized spacial score (nSPS) is 11.9. The summed E-state index contributed by atoms with van der Waals surface area (Å²) in [6.45, 7) is 2.91. The first-order valence-electron chi connectivity index (χ1n) is 6.63. The van der Waals surface area contributed by atoms with E-state index in [1.165, 1.54) is 4.88 Å². The number of halogens is 1. The summed E-state index contributed by atoms with van der Waals surface area (Å²) >= 11 is 1.74. The molecule has 1 aromatic rings. The SMILES string of the molecule is CCS(=O)(=O)CCNC(=NC)N(C)CCc1cccs1.I. The second-order valence-corrected chi connectivity index (χ2v) is 7.97. The van der Waals surface area contributed by atoms with Crippen molar-refractivity contribution >= 4 is 51.1 Å². The summed E-state index contributed by atoms with van der Waals surface area (Å²) < 4.78 is 22.9. The van der Waals surface area contributed by atoms with Gasteiger partial charge < -0.3 is 10.2 Å². The molecule has 0 saturated heterocycles. The number of aliphatic imine (C=N–C) groups is 1. The van der Waals surface area contributed by atoms with E-state index >= 15 is 0 Å². The molecule has 0 spiro atoms. The van der Waals surface area contributed by atoms with E-state index in [0.29, 0.717) is 6.54 Å². The van der Waals surface area contributed by atoms with E-state index in [-0.39, 0.29) is 35.5 Å². The van der Waals surface area contributed by atoms with Gasteiger partial charge in [0, 0.05) is 37.8 Å². The highest BCUT2D eigenvalue weighted by molar-refractivity contribution is 14.0. The monoisotopic (exact) mass is 445 g/mol. The number of likely N-dealkylation sites (N-methyl/N-ethyl adjacent to an activating group) is 1. The predicted molar refractivity (Wildman–Crippen MR) is 102 cm³/mol. The van der Waals surface area contributed by atoms with Crippen LogP contribution < -0.4 is 5.32 Å². The molecule has 1 heterocycles. The molecule has 8 heteroatoms. The Bertz CT molecular complexity index is 516. The van der Waals surface area contributed by atoms with Crippen molar-refractivity contribution in [3.8, 4) is 0 Å². The first-order valence-corrected chi connectivity index (χ1v) is 9.33. The van der Waals surface area contributed by atoms with Gasteiger partial charge in [0.15, 0.2) is 15.8 Å². The van der Waals surface area contributed by atoms with E-state index in [4.69, 9.17) is 0 Å². The molecule has 0 aliphatic carbocycles. The molecule has 0 atom stereocenters. The first-order chi connectivity index (χ1) is 9.48. The minimum Gasteiger partial charge on any atom is -0.355 e. The first kappa shape index (κ1) is 20.6. The second-order valence-electron chi connectivity index (χ2n) is 4.46. The maximum atomic E-state index is 11.4. The summed E-state index contributed by atoms with van der Waals surface area (Å²) in [7, 11) is 0.731. The molecule has 0 unspecified atom stereocenters. The largest absolute Gasteiger partial charge is 0.355 e. The number of sulfone groups is 1. The van der Waals surface area contributed by atoms with Crippen LogP contribution in [-0.2, 0) is 16.3 Å². The third-order valence-corrected chi connectivity index (χ3v) is 5.63. The molecule has 0 aliphatic rings. The fraction of sp³-hybridized carbons (Fsp3) is 0.615. The lowest BCUT2D eigenvalue weighted by atomic mass is 10.3. The zero-order chi connectivity index (χ0) is 15.0. The van der Waals surface area contributed by atoms with E-state index in [2.05, 4.69) is 21.8 Å². The lowest BCUT2D eigenvalue weighted by molar-refractivity contribution is 0.488. The number of guanidine groups is 1. The molecular weight excluding hydrogens is 421 g/mol. The zero-order valence-corrected chi connectivity index (χ0v) is 16.7. The maximum Gasteiger partial charge on any atom is 0.193 e. The van der Waals surface area contributed by atoms with Crippen LogP contribution in [0.15, 0.2) is 22.5 Å². The van der Waals surface area contributed by atoms with Gasteiger partial charge in [-0.25, -0.2) is 8.42 Å². The zero-order valence-electron chi connectivity index (χ0n) is 12.7. The third-order valence-electron chi connectivity index (χ3n) is 2.98. The average Bonchev–Trinajstić information content (AvgIpc) is 2.94. The number of hydrogen-bond donors (Lipinski definition) is 1. The summed E-state index contributed by atoms with van der Waals surface area (Å²) in [5.41, 5.74) is 0. The topological polar surface area (TPSA) is 61.8 Å². The molecule has 0 bridgehead atoms. The molecule has 0 aliphatic heterocycles. The Labute approximate surface area is 148 Å². The van der Waals surface area contributed by atoms with Crippen molar-refractivity contribution in [2.24, 2.45) is 4.99 Å². The van der Waals surface area contributed by atoms with Crippen LogP contribution in [0.1, 0.15) is 11.8 Å². The molecule has 1 rings (SSSR count). The molecule has 122 valence electrons. The van der Waals surface area contributed by atoms with Crippen LogP contribution in [0.3, 0.4) is 0 Å². The number of nitrogens with one attached hydrogen (secondary N) is 1. The van der Waals surface area contributed by atoms with Gasteiger partial charge in [-0.1, -0.05) is 13.0 Å². The number of rotatable bonds is 7. The Morgan fingerprint density at radius 3 is 2.71 bits per heavy atom. The van der Waals surface area contributed by atoms with Crippen molar-refractivity contribution in [2.75, 3.05) is 38.7 Å². The smallest absolute Gasteiger partial charge is 0.193 e. The fourth-order valence-electron chi connectivity index (χ4n) is 1.69. The van der Waals surface area contributed by atoms with E-state index in [9.17, 15) is 8.42 Å². The summed E-state index contributed by atoms with van der Waals surface area (Å²) in [6, 6.07) is 4.16. The Morgan fingerprint density at radius 2 is 2.19 bits per heavy atom. The second kappa shape index (κ2) is 10.4. The minimum atomic E-state index is -2.93. The lowest BCUT2D eigenvalue weighted by Crippen LogP contribution is -2.41. The standard InChI is InChI=1S/C13H23N3O2S2.HI/c1-4-20(17,18)11-8-15-13(14-2)16(3)9-7-12-6-5-10-19-12;/h5-6,10H,4,7-9,11H2,1-3H3,(H,14,15);1H. The predicted octanol–water partition coefficient (Wildman–Crippen LogP) is 1.85. The van der Waals surface area contributed by atoms with E-state index in [1.807, 2.05) is 18.0 Å². The fourth-order valence-corrected chi connectivity index (χ4v) is 3.09. The molecule has 5 nitrogen and oxygen atoms in total. The van der Waals surface area contributed by atoms with Crippen molar-refractivity contribution in [3.63, 3.8) is 0 Å². The van der Waals surface area contributed by atoms with Crippen LogP contribution in [0.4, 0.5) is 0 Å². The molecule has 1 aromatic heterocycles. The quantitative estimate of drug-likeness (QED) is 0.396. The van der Waals surface area contributed by atoms with Crippen LogP contribution in [-0.4, -0.2) is 58.0 Å². The molecule has 0 fully saturated rings. The Morgan fingerprint density at radius 1 is 1.48 bits per heavy atom. The average molecular weight is 445 g/mol. The Kier molecular flexibility index (Phi) is 10.2. The molecule has 21 heavy (non-hydrogen) atoms. The Balaban J connectivity index is 0.00000400. The van der Waals surface area contributed by atoms with Gasteiger partial charge >= 0.3 is 0 Å². The lowest BCUT2D eigenvalue weighted by Gasteiger charge is -2.21. The third kappa shape index (κ3) is 8.01. The highest BCUT2D eigenvalue weighted by Crippen LogP contribution is 2.09. The van der Waals surface area contributed by atoms with Gasteiger partial charge in [-0.2, -0.15) is 0 Å². The van der Waals surface area contributed by atoms with Crippen molar-refractivity contribution in [1.82, 2.24) is 10.2 Å². The highest BCUT2D eigenvalue weighted by atomic mass is 127. The van der Waals surface area contributed by atoms with Gasteiger partial charge in [-0.15, -0.1) is 35.3 Å². The maximum absolute atomic E-state index is 11.4. The van der Waals surface area contributed by atoms with Gasteiger partial charge in [-0.05, 0) is 17.9 Å². The number of thiophene rings is 1. The van der Waals surface area contributed by atoms with Gasteiger partial charge in [0.05, 0.1) is 5.75 Å². The van der Waals surface area contributed by atoms with Gasteiger partial charge in [-0.3, -0.25) is 4.99 Å². The van der Waals surface area contributed by atoms with Crippen LogP contribution in [0.5, 0.6) is 0 Å². The van der Waals surface area contributed by atoms with Gasteiger partial charge in [0.2, 0.25) is 0 Å². The van der Waals surface area contributed by atoms with Crippen LogP contribution in [0.25, 0.3) is 0 Å². The minimum absolute atomic E-state index is 0. The summed E-state index contributed by atoms with van der Waals surface area (Å²) in [5.74, 6) is 1.05. The van der Waals surface area contributed by atoms with Crippen LogP contribution in [0, 0.1) is 0 Å². The van der Waals surface area contributed by atoms with E-state index < -0.39 is 9.84 Å².